The Morgan fingerprint density at radius 2 is 2.10 bits per heavy atom. The van der Waals surface area contributed by atoms with E-state index in [2.05, 4.69) is 22.6 Å². The molecule has 0 saturated heterocycles. The van der Waals surface area contributed by atoms with E-state index in [1.165, 1.54) is 6.07 Å². The van der Waals surface area contributed by atoms with Gasteiger partial charge in [-0.25, -0.2) is 9.07 Å². The zero-order valence-electron chi connectivity index (χ0n) is 12.4. The van der Waals surface area contributed by atoms with Crippen LogP contribution in [-0.2, 0) is 6.42 Å². The van der Waals surface area contributed by atoms with E-state index < -0.39 is 0 Å². The van der Waals surface area contributed by atoms with Gasteiger partial charge in [-0.1, -0.05) is 25.1 Å². The van der Waals surface area contributed by atoms with E-state index in [1.54, 1.807) is 16.8 Å². The predicted molar refractivity (Wildman–Crippen MR) is 77.5 cm³/mol. The second-order valence-electron chi connectivity index (χ2n) is 4.89. The molecule has 0 aliphatic carbocycles. The van der Waals surface area contributed by atoms with Gasteiger partial charge in [-0.3, -0.25) is 0 Å². The van der Waals surface area contributed by atoms with E-state index in [4.69, 9.17) is 0 Å². The first kappa shape index (κ1) is 14.7. The van der Waals surface area contributed by atoms with Gasteiger partial charge in [-0.05, 0) is 44.5 Å². The first-order valence-electron chi connectivity index (χ1n) is 7.00. The third-order valence-electron chi connectivity index (χ3n) is 3.54. The molecule has 20 heavy (non-hydrogen) atoms. The molecule has 108 valence electrons. The smallest absolute Gasteiger partial charge is 0.148 e. The molecule has 5 heteroatoms. The summed E-state index contributed by atoms with van der Waals surface area (Å²) in [5.41, 5.74) is 3.32. The van der Waals surface area contributed by atoms with Crippen molar-refractivity contribution in [1.29, 1.82) is 0 Å². The van der Waals surface area contributed by atoms with Gasteiger partial charge >= 0.3 is 0 Å². The lowest BCUT2D eigenvalue weighted by Crippen LogP contribution is -2.17. The zero-order chi connectivity index (χ0) is 14.7. The number of rotatable bonds is 5. The fourth-order valence-electron chi connectivity index (χ4n) is 2.43. The van der Waals surface area contributed by atoms with E-state index in [0.717, 1.165) is 29.8 Å². The molecule has 2 rings (SSSR count). The highest BCUT2D eigenvalue weighted by molar-refractivity contribution is 5.38. The van der Waals surface area contributed by atoms with E-state index >= 15 is 0 Å². The summed E-state index contributed by atoms with van der Waals surface area (Å²) in [5, 5.41) is 11.6. The molecule has 1 N–H and O–H groups in total. The van der Waals surface area contributed by atoms with Gasteiger partial charge in [0.1, 0.15) is 17.2 Å². The Morgan fingerprint density at radius 3 is 2.70 bits per heavy atom. The summed E-state index contributed by atoms with van der Waals surface area (Å²) in [6.07, 6.45) is 1.67. The first-order valence-corrected chi connectivity index (χ1v) is 7.00. The van der Waals surface area contributed by atoms with Gasteiger partial charge < -0.3 is 5.32 Å². The second-order valence-corrected chi connectivity index (χ2v) is 4.89. The SMILES string of the molecule is CCc1c(C(CC)NC)nnn1-c1cc(C)ccc1F. The Labute approximate surface area is 119 Å². The Hall–Kier alpha value is -1.75. The number of benzene rings is 1. The highest BCUT2D eigenvalue weighted by atomic mass is 19.1. The monoisotopic (exact) mass is 276 g/mol. The molecule has 1 aromatic carbocycles. The van der Waals surface area contributed by atoms with Crippen LogP contribution in [0.5, 0.6) is 0 Å². The molecular formula is C15H21FN4. The van der Waals surface area contributed by atoms with Crippen molar-refractivity contribution in [2.75, 3.05) is 7.05 Å². The van der Waals surface area contributed by atoms with Gasteiger partial charge in [0.05, 0.1) is 11.7 Å². The lowest BCUT2D eigenvalue weighted by Gasteiger charge is -2.13. The summed E-state index contributed by atoms with van der Waals surface area (Å²) >= 11 is 0. The maximum Gasteiger partial charge on any atom is 0.148 e. The topological polar surface area (TPSA) is 42.7 Å². The molecule has 1 unspecified atom stereocenters. The number of aromatic nitrogens is 3. The number of nitrogens with zero attached hydrogens (tertiary/aromatic N) is 3. The van der Waals surface area contributed by atoms with Crippen molar-refractivity contribution in [3.05, 3.63) is 41.0 Å². The van der Waals surface area contributed by atoms with Crippen LogP contribution < -0.4 is 5.32 Å². The summed E-state index contributed by atoms with van der Waals surface area (Å²) in [5.74, 6) is -0.278. The van der Waals surface area contributed by atoms with Crippen LogP contribution in [0, 0.1) is 12.7 Å². The molecule has 0 aliphatic rings. The number of aryl methyl sites for hydroxylation is 1. The summed E-state index contributed by atoms with van der Waals surface area (Å²) in [4.78, 5) is 0. The zero-order valence-corrected chi connectivity index (χ0v) is 12.4. The molecule has 0 bridgehead atoms. The number of nitrogens with one attached hydrogen (secondary N) is 1. The van der Waals surface area contributed by atoms with Crippen LogP contribution in [0.2, 0.25) is 0 Å². The average Bonchev–Trinajstić information content (AvgIpc) is 2.86. The third kappa shape index (κ3) is 2.58. The van der Waals surface area contributed by atoms with Crippen molar-refractivity contribution in [3.8, 4) is 5.69 Å². The lowest BCUT2D eigenvalue weighted by atomic mass is 10.1. The van der Waals surface area contributed by atoms with Gasteiger partial charge in [-0.2, -0.15) is 0 Å². The highest BCUT2D eigenvalue weighted by Crippen LogP contribution is 2.23. The summed E-state index contributed by atoms with van der Waals surface area (Å²) in [7, 11) is 1.90. The maximum absolute atomic E-state index is 14.0. The van der Waals surface area contributed by atoms with Crippen LogP contribution in [-0.4, -0.2) is 22.0 Å². The number of halogens is 1. The molecular weight excluding hydrogens is 255 g/mol. The van der Waals surface area contributed by atoms with Crippen molar-refractivity contribution >= 4 is 0 Å². The predicted octanol–water partition coefficient (Wildman–Crippen LogP) is 2.95. The minimum absolute atomic E-state index is 0.145. The maximum atomic E-state index is 14.0. The van der Waals surface area contributed by atoms with Gasteiger partial charge in [0.2, 0.25) is 0 Å². The van der Waals surface area contributed by atoms with E-state index in [1.807, 2.05) is 20.9 Å². The van der Waals surface area contributed by atoms with E-state index in [9.17, 15) is 4.39 Å². The van der Waals surface area contributed by atoms with Gasteiger partial charge in [0.15, 0.2) is 0 Å². The van der Waals surface area contributed by atoms with Crippen molar-refractivity contribution in [2.24, 2.45) is 0 Å². The molecule has 0 spiro atoms. The van der Waals surface area contributed by atoms with Crippen LogP contribution in [0.25, 0.3) is 5.69 Å². The van der Waals surface area contributed by atoms with Gasteiger partial charge in [-0.15, -0.1) is 5.10 Å². The third-order valence-corrected chi connectivity index (χ3v) is 3.54. The minimum atomic E-state index is -0.278. The molecule has 0 fully saturated rings. The molecule has 0 aliphatic heterocycles. The Kier molecular flexibility index (Phi) is 4.49. The van der Waals surface area contributed by atoms with Gasteiger partial charge in [0, 0.05) is 0 Å². The van der Waals surface area contributed by atoms with Crippen LogP contribution in [0.4, 0.5) is 4.39 Å². The van der Waals surface area contributed by atoms with Crippen molar-refractivity contribution in [2.45, 2.75) is 39.7 Å². The fourth-order valence-corrected chi connectivity index (χ4v) is 2.43. The summed E-state index contributed by atoms with van der Waals surface area (Å²) in [6.45, 7) is 6.07. The Bertz CT molecular complexity index is 588. The van der Waals surface area contributed by atoms with E-state index in [-0.39, 0.29) is 11.9 Å². The molecule has 1 aromatic heterocycles. The van der Waals surface area contributed by atoms with Crippen LogP contribution in [0.3, 0.4) is 0 Å². The lowest BCUT2D eigenvalue weighted by molar-refractivity contribution is 0.555. The molecule has 1 atom stereocenters. The minimum Gasteiger partial charge on any atom is -0.312 e. The fraction of sp³-hybridized carbons (Fsp3) is 0.467. The van der Waals surface area contributed by atoms with Crippen LogP contribution >= 0.6 is 0 Å². The number of hydrogen-bond acceptors (Lipinski definition) is 3. The standard InChI is InChI=1S/C15H21FN4/c1-5-12(17-4)15-13(6-2)20(19-18-15)14-9-10(3)7-8-11(14)16/h7-9,12,17H,5-6H2,1-4H3. The summed E-state index contributed by atoms with van der Waals surface area (Å²) < 4.78 is 15.7. The largest absolute Gasteiger partial charge is 0.312 e. The Balaban J connectivity index is 2.55. The van der Waals surface area contributed by atoms with Gasteiger partial charge in [0.25, 0.3) is 0 Å². The summed E-state index contributed by atoms with van der Waals surface area (Å²) in [6, 6.07) is 5.17. The van der Waals surface area contributed by atoms with Crippen molar-refractivity contribution in [3.63, 3.8) is 0 Å². The molecule has 1 heterocycles. The quantitative estimate of drug-likeness (QED) is 0.913. The molecule has 0 amide bonds. The first-order chi connectivity index (χ1) is 9.62. The van der Waals surface area contributed by atoms with Crippen LogP contribution in [0.15, 0.2) is 18.2 Å². The van der Waals surface area contributed by atoms with Crippen LogP contribution in [0.1, 0.15) is 43.3 Å². The second kappa shape index (κ2) is 6.13. The highest BCUT2D eigenvalue weighted by Gasteiger charge is 2.20. The van der Waals surface area contributed by atoms with E-state index in [0.29, 0.717) is 5.69 Å². The molecule has 0 saturated carbocycles. The Morgan fingerprint density at radius 1 is 1.35 bits per heavy atom. The molecule has 4 nitrogen and oxygen atoms in total. The molecule has 2 aromatic rings. The number of hydrogen-bond donors (Lipinski definition) is 1. The van der Waals surface area contributed by atoms with Crippen molar-refractivity contribution in [1.82, 2.24) is 20.3 Å². The normalized spacial score (nSPS) is 12.7. The average molecular weight is 276 g/mol. The van der Waals surface area contributed by atoms with Crippen molar-refractivity contribution < 1.29 is 4.39 Å². The molecule has 0 radical (unpaired) electrons.